The highest BCUT2D eigenvalue weighted by Gasteiger charge is 2.53. The summed E-state index contributed by atoms with van der Waals surface area (Å²) < 4.78 is 55.5. The fourth-order valence-corrected chi connectivity index (χ4v) is 18.4. The molecule has 16 rings (SSSR count). The number of nitrogens with one attached hydrogen (secondary N) is 1. The number of carbonyl (C=O) groups is 4. The van der Waals surface area contributed by atoms with Crippen molar-refractivity contribution in [2.45, 2.75) is 134 Å². The van der Waals surface area contributed by atoms with Crippen molar-refractivity contribution in [2.24, 2.45) is 5.41 Å². The number of nitrogens with zero attached hydrogens (tertiary/aromatic N) is 4. The molecule has 0 spiro atoms. The van der Waals surface area contributed by atoms with Crippen molar-refractivity contribution >= 4 is 70.6 Å². The molecule has 630 valence electrons. The van der Waals surface area contributed by atoms with E-state index in [1.165, 1.54) is 22.3 Å². The van der Waals surface area contributed by atoms with E-state index in [9.17, 15) is 19.2 Å². The first kappa shape index (κ1) is 93.5. The molecule has 26 heteroatoms. The Morgan fingerprint density at radius 1 is 0.376 bits per heavy atom. The third kappa shape index (κ3) is 21.5. The van der Waals surface area contributed by atoms with Gasteiger partial charge in [0.05, 0.1) is 86.0 Å². The molecule has 12 atom stereocenters. The summed E-state index contributed by atoms with van der Waals surface area (Å²) in [6, 6.07) is 56.3. The van der Waals surface area contributed by atoms with E-state index in [-0.39, 0.29) is 116 Å². The van der Waals surface area contributed by atoms with Crippen LogP contribution in [0.15, 0.2) is 170 Å². The minimum absolute atomic E-state index is 0. The maximum absolute atomic E-state index is 12.5. The molecular formula is C91H107Cl8N5O13. The van der Waals surface area contributed by atoms with Gasteiger partial charge in [-0.25, -0.2) is 9.59 Å². The predicted molar refractivity (Wildman–Crippen MR) is 440 cm³/mol. The Morgan fingerprint density at radius 2 is 0.650 bits per heavy atom. The molecule has 8 aliphatic rings. The van der Waals surface area contributed by atoms with Crippen molar-refractivity contribution in [3.8, 4) is 46.0 Å². The number of quaternary nitrogens is 4. The van der Waals surface area contributed by atoms with Crippen LogP contribution in [-0.4, -0.2) is 162 Å². The monoisotopic (exact) mass is 1760 g/mol. The van der Waals surface area contributed by atoms with Gasteiger partial charge in [-0.1, -0.05) is 140 Å². The molecule has 0 bridgehead atoms. The van der Waals surface area contributed by atoms with Crippen LogP contribution in [0.25, 0.3) is 0 Å². The SMILES string of the molecule is CCC(C)(C)C(=O)OC[N+]1(C)CC2c3ccccc3Oc3ccc(Cl)cc3C2C1.CCC(C)(C)OC(=O)OC[N+]1(C)CC2c3ccccc3Oc3ccc(Cl)cc3C2C1.CCCC(=O)OC[N+]1(C)CC2c3ccccc3Oc3ccc(Cl)cc3C2C1.CCNC(=O)OC[N+]1(C)CC2c3ccccc3Oc3ccc(Cl)cc3C2C1.[Cl-].[Cl-].[Cl-].[Cl-]. The molecule has 12 unspecified atom stereocenters. The molecule has 8 aromatic carbocycles. The number of halogens is 8. The van der Waals surface area contributed by atoms with Gasteiger partial charge < -0.3 is 97.6 Å². The van der Waals surface area contributed by atoms with E-state index in [1.807, 2.05) is 183 Å². The molecule has 4 saturated heterocycles. The summed E-state index contributed by atoms with van der Waals surface area (Å²) >= 11 is 25.3. The van der Waals surface area contributed by atoms with Gasteiger partial charge in [-0.15, -0.1) is 0 Å². The van der Waals surface area contributed by atoms with Crippen LogP contribution >= 0.6 is 46.4 Å². The van der Waals surface area contributed by atoms with Gasteiger partial charge in [0.15, 0.2) is 0 Å². The van der Waals surface area contributed by atoms with Crippen molar-refractivity contribution in [1.82, 2.24) is 5.32 Å². The number of likely N-dealkylation sites (tertiary alicyclic amines) is 4. The van der Waals surface area contributed by atoms with Gasteiger partial charge in [-0.3, -0.25) is 27.5 Å². The van der Waals surface area contributed by atoms with Crippen LogP contribution in [0.3, 0.4) is 0 Å². The van der Waals surface area contributed by atoms with E-state index >= 15 is 0 Å². The van der Waals surface area contributed by atoms with E-state index in [0.29, 0.717) is 72.1 Å². The number of para-hydroxylation sites is 4. The third-order valence-electron chi connectivity index (χ3n) is 24.2. The number of carbonyl (C=O) groups excluding carboxylic acids is 4. The van der Waals surface area contributed by atoms with Crippen LogP contribution in [0, 0.1) is 5.41 Å². The number of ether oxygens (including phenoxy) is 9. The second kappa shape index (κ2) is 39.0. The van der Waals surface area contributed by atoms with Crippen LogP contribution < -0.4 is 73.9 Å². The summed E-state index contributed by atoms with van der Waals surface area (Å²) in [7, 11) is 8.61. The normalized spacial score (nSPS) is 24.4. The molecule has 1 N–H and O–H groups in total. The fraction of sp³-hybridized carbons (Fsp3) is 0.429. The molecule has 4 fully saturated rings. The number of rotatable bonds is 15. The van der Waals surface area contributed by atoms with Crippen LogP contribution in [0.5, 0.6) is 46.0 Å². The Morgan fingerprint density at radius 3 is 0.940 bits per heavy atom. The number of amides is 1. The summed E-state index contributed by atoms with van der Waals surface area (Å²) in [5, 5.41) is 5.54. The van der Waals surface area contributed by atoms with Gasteiger partial charge in [-0.05, 0) is 151 Å². The highest BCUT2D eigenvalue weighted by Crippen LogP contribution is 2.57. The highest BCUT2D eigenvalue weighted by molar-refractivity contribution is 6.31. The van der Waals surface area contributed by atoms with Gasteiger partial charge in [0.2, 0.25) is 26.9 Å². The lowest BCUT2D eigenvalue weighted by Crippen LogP contribution is -3.00. The van der Waals surface area contributed by atoms with E-state index in [0.717, 1.165) is 145 Å². The number of fused-ring (bicyclic) bond motifs is 20. The largest absolute Gasteiger partial charge is 1.00 e. The Kier molecular flexibility index (Phi) is 31.1. The third-order valence-corrected chi connectivity index (χ3v) is 25.1. The summed E-state index contributed by atoms with van der Waals surface area (Å²) in [6.07, 6.45) is 1.80. The van der Waals surface area contributed by atoms with Gasteiger partial charge in [0.1, 0.15) is 51.6 Å². The molecule has 18 nitrogen and oxygen atoms in total. The number of esters is 2. The minimum atomic E-state index is -0.611. The Balaban J connectivity index is 0.000000176. The number of benzene rings is 8. The fourth-order valence-electron chi connectivity index (χ4n) is 17.7. The number of alkyl carbamates (subject to hydrolysis) is 1. The van der Waals surface area contributed by atoms with Crippen molar-refractivity contribution in [3.05, 3.63) is 234 Å². The van der Waals surface area contributed by atoms with Crippen molar-refractivity contribution in [3.63, 3.8) is 0 Å². The van der Waals surface area contributed by atoms with Gasteiger partial charge in [-0.2, -0.15) is 0 Å². The first-order chi connectivity index (χ1) is 53.9. The van der Waals surface area contributed by atoms with Crippen LogP contribution in [-0.2, 0) is 33.3 Å². The molecule has 1 amide bonds. The van der Waals surface area contributed by atoms with E-state index in [1.54, 1.807) is 0 Å². The standard InChI is InChI=1S/C24H29ClNO4.C24H29ClNO3.C22H25ClNO3.C21H23ClN2O3.4ClH/c1-5-24(2,3)30-23(27)28-15-26(4)13-19-17-8-6-7-9-21(17)29-22-11-10-16(25)12-18(22)20(19)14-26;1-5-24(2,3)23(27)28-15-26(4)13-19-17-8-6-7-9-21(17)29-22-11-10-16(25)12-18(22)20(19)14-26;1-3-6-22(25)26-14-24(2)12-18-16-7-4-5-8-20(16)27-21-10-9-15(23)11-17(21)19(18)13-24;1-3-23-21(25)26-13-24(2)11-17-15-6-4-5-7-19(15)27-20-9-8-14(22)10-16(20)18(17)12-24;;;;/h6-12,19-20H,5,13-15H2,1-4H3;6-12,19-20H,5,13-15H2,1-4H3;4-5,7-11,18-19H,3,6,12-14H2,1-2H3;4-10,17-18H,3,11-13H2,1-2H3;4*1H/q3*+1;;;;;/p-3. The molecule has 0 aliphatic carbocycles. The quantitative estimate of drug-likeness (QED) is 0.0588. The Bertz CT molecular complexity index is 4700. The zero-order valence-corrected chi connectivity index (χ0v) is 74.5. The molecule has 8 heterocycles. The van der Waals surface area contributed by atoms with Crippen molar-refractivity contribution < 1.29 is 129 Å². The van der Waals surface area contributed by atoms with E-state index in [2.05, 4.69) is 76.0 Å². The minimum Gasteiger partial charge on any atom is -1.00 e. The molecule has 0 aromatic heterocycles. The van der Waals surface area contributed by atoms with E-state index in [4.69, 9.17) is 89.0 Å². The van der Waals surface area contributed by atoms with Gasteiger partial charge >= 0.3 is 24.2 Å². The highest BCUT2D eigenvalue weighted by atomic mass is 35.5. The van der Waals surface area contributed by atoms with Crippen molar-refractivity contribution in [2.75, 3.05) is 114 Å². The topological polar surface area (TPSA) is 163 Å². The maximum Gasteiger partial charge on any atom is 0.513 e. The van der Waals surface area contributed by atoms with Crippen LogP contribution in [0.4, 0.5) is 9.59 Å². The molecule has 117 heavy (non-hydrogen) atoms. The smallest absolute Gasteiger partial charge is 0.513 e. The average Bonchev–Trinajstić information content (AvgIpc) is 1.62. The zero-order valence-electron chi connectivity index (χ0n) is 68.4. The predicted octanol–water partition coefficient (Wildman–Crippen LogP) is 9.35. The van der Waals surface area contributed by atoms with Gasteiger partial charge in [0, 0.05) is 125 Å². The first-order valence-corrected chi connectivity index (χ1v) is 41.1. The number of hydrogen-bond acceptors (Lipinski definition) is 13. The molecule has 8 aliphatic heterocycles. The lowest BCUT2D eigenvalue weighted by atomic mass is 9.84. The zero-order chi connectivity index (χ0) is 80.4. The first-order valence-electron chi connectivity index (χ1n) is 39.6. The second-order valence-corrected chi connectivity index (χ2v) is 35.8. The number of hydrogen-bond donors (Lipinski definition) is 1. The molecule has 0 saturated carbocycles. The van der Waals surface area contributed by atoms with Gasteiger partial charge in [0.25, 0.3) is 0 Å². The Labute approximate surface area is 733 Å². The lowest BCUT2D eigenvalue weighted by molar-refractivity contribution is -0.915. The second-order valence-electron chi connectivity index (χ2n) is 34.1. The maximum atomic E-state index is 12.5. The average molecular weight is 1760 g/mol. The summed E-state index contributed by atoms with van der Waals surface area (Å²) in [5.74, 6) is 8.92. The molecule has 0 radical (unpaired) electrons. The van der Waals surface area contributed by atoms with Crippen molar-refractivity contribution in [1.29, 1.82) is 0 Å². The van der Waals surface area contributed by atoms with Crippen LogP contribution in [0.2, 0.25) is 20.1 Å². The van der Waals surface area contributed by atoms with Crippen LogP contribution in [0.1, 0.15) is 173 Å². The Hall–Kier alpha value is -7.40. The summed E-state index contributed by atoms with van der Waals surface area (Å²) in [5.41, 5.74) is 8.36. The summed E-state index contributed by atoms with van der Waals surface area (Å²) in [6.45, 7) is 24.4. The molecule has 8 aromatic rings. The number of likely N-dealkylation sites (N-methyl/N-ethyl adjacent to an activating group) is 4. The summed E-state index contributed by atoms with van der Waals surface area (Å²) in [4.78, 5) is 48.4. The van der Waals surface area contributed by atoms with E-state index < -0.39 is 17.2 Å². The molecular weight excluding hydrogens is 1650 g/mol. The lowest BCUT2D eigenvalue weighted by Gasteiger charge is -2.31.